The molecule has 8 heteroatoms. The number of anilines is 2. The van der Waals surface area contributed by atoms with Gasteiger partial charge < -0.3 is 5.32 Å². The molecule has 1 aromatic carbocycles. The summed E-state index contributed by atoms with van der Waals surface area (Å²) in [5, 5.41) is 7.53. The van der Waals surface area contributed by atoms with Crippen LogP contribution in [0.1, 0.15) is 85.2 Å². The van der Waals surface area contributed by atoms with Gasteiger partial charge in [0.1, 0.15) is 5.39 Å². The van der Waals surface area contributed by atoms with Crippen LogP contribution < -0.4 is 16.2 Å². The fourth-order valence-corrected chi connectivity index (χ4v) is 5.43. The molecule has 1 aliphatic heterocycles. The van der Waals surface area contributed by atoms with E-state index in [1.807, 2.05) is 36.7 Å². The summed E-state index contributed by atoms with van der Waals surface area (Å²) in [7, 11) is 0. The van der Waals surface area contributed by atoms with Crippen LogP contribution in [-0.2, 0) is 16.5 Å². The van der Waals surface area contributed by atoms with E-state index in [2.05, 4.69) is 82.3 Å². The summed E-state index contributed by atoms with van der Waals surface area (Å²) < 4.78 is 3.52. The van der Waals surface area contributed by atoms with Gasteiger partial charge in [0.15, 0.2) is 11.5 Å². The van der Waals surface area contributed by atoms with Crippen molar-refractivity contribution in [2.45, 2.75) is 84.8 Å². The molecular formula is C29H37N7O. The summed E-state index contributed by atoms with van der Waals surface area (Å²) in [6.45, 7) is 19.1. The average Bonchev–Trinajstić information content (AvgIpc) is 3.19. The van der Waals surface area contributed by atoms with E-state index in [0.717, 1.165) is 11.4 Å². The molecule has 4 aromatic rings. The van der Waals surface area contributed by atoms with Crippen LogP contribution in [0, 0.1) is 0 Å². The van der Waals surface area contributed by atoms with Crippen molar-refractivity contribution >= 4 is 22.7 Å². The Morgan fingerprint density at radius 2 is 1.68 bits per heavy atom. The monoisotopic (exact) mass is 499 g/mol. The van der Waals surface area contributed by atoms with Crippen molar-refractivity contribution in [2.75, 3.05) is 5.32 Å². The summed E-state index contributed by atoms with van der Waals surface area (Å²) in [5.41, 5.74) is 4.38. The number of benzene rings is 1. The van der Waals surface area contributed by atoms with Crippen LogP contribution >= 0.6 is 0 Å². The van der Waals surface area contributed by atoms with E-state index in [4.69, 9.17) is 9.97 Å². The van der Waals surface area contributed by atoms with Gasteiger partial charge in [-0.25, -0.2) is 19.3 Å². The maximum atomic E-state index is 13.4. The number of nitrogens with one attached hydrogen (secondary N) is 2. The average molecular weight is 500 g/mol. The van der Waals surface area contributed by atoms with Crippen LogP contribution in [0.15, 0.2) is 47.4 Å². The molecule has 0 unspecified atom stereocenters. The van der Waals surface area contributed by atoms with E-state index in [9.17, 15) is 4.79 Å². The lowest BCUT2D eigenvalue weighted by Gasteiger charge is -2.25. The Labute approximate surface area is 218 Å². The van der Waals surface area contributed by atoms with Gasteiger partial charge in [-0.2, -0.15) is 4.98 Å². The Morgan fingerprint density at radius 1 is 0.973 bits per heavy atom. The second kappa shape index (κ2) is 8.25. The van der Waals surface area contributed by atoms with Crippen LogP contribution in [-0.4, -0.2) is 24.3 Å². The molecule has 0 fully saturated rings. The highest BCUT2D eigenvalue weighted by atomic mass is 16.1. The zero-order chi connectivity index (χ0) is 26.9. The predicted octanol–water partition coefficient (Wildman–Crippen LogP) is 5.67. The Hall–Kier alpha value is -3.52. The van der Waals surface area contributed by atoms with E-state index < -0.39 is 0 Å². The Morgan fingerprint density at radius 3 is 2.35 bits per heavy atom. The van der Waals surface area contributed by atoms with Gasteiger partial charge >= 0.3 is 0 Å². The molecule has 0 saturated heterocycles. The first-order chi connectivity index (χ1) is 17.2. The molecule has 8 nitrogen and oxygen atoms in total. The summed E-state index contributed by atoms with van der Waals surface area (Å²) in [4.78, 5) is 27.6. The van der Waals surface area contributed by atoms with Crippen molar-refractivity contribution in [1.29, 1.82) is 0 Å². The van der Waals surface area contributed by atoms with E-state index in [1.165, 1.54) is 11.1 Å². The Kier molecular flexibility index (Phi) is 5.60. The van der Waals surface area contributed by atoms with E-state index in [-0.39, 0.29) is 28.1 Å². The zero-order valence-corrected chi connectivity index (χ0v) is 23.3. The fraction of sp³-hybridized carbons (Fsp3) is 0.448. The zero-order valence-electron chi connectivity index (χ0n) is 23.3. The second-order valence-corrected chi connectivity index (χ2v) is 12.4. The Balaban J connectivity index is 1.63. The van der Waals surface area contributed by atoms with E-state index >= 15 is 0 Å². The smallest absolute Gasteiger partial charge is 0.278 e. The van der Waals surface area contributed by atoms with Gasteiger partial charge in [0.2, 0.25) is 5.95 Å². The molecule has 37 heavy (non-hydrogen) atoms. The molecule has 194 valence electrons. The lowest BCUT2D eigenvalue weighted by atomic mass is 9.90. The van der Waals surface area contributed by atoms with Crippen molar-refractivity contribution in [3.05, 3.63) is 69.8 Å². The predicted molar refractivity (Wildman–Crippen MR) is 149 cm³/mol. The SMILES string of the molecule is CC(C)n1c(=O)c2cnc(Nc3ccc4c(c3)C(C)(C)NC4(C)C)nc2n1-c1cccc(C(C)(C)C)n1. The van der Waals surface area contributed by atoms with Crippen molar-refractivity contribution < 1.29 is 0 Å². The number of fused-ring (bicyclic) bond motifs is 2. The number of hydrogen-bond donors (Lipinski definition) is 2. The van der Waals surface area contributed by atoms with Crippen molar-refractivity contribution in [1.82, 2.24) is 29.6 Å². The van der Waals surface area contributed by atoms with Gasteiger partial charge in [-0.3, -0.25) is 10.1 Å². The van der Waals surface area contributed by atoms with Gasteiger partial charge in [0.25, 0.3) is 5.56 Å². The number of nitrogens with zero attached hydrogens (tertiary/aromatic N) is 5. The number of aromatic nitrogens is 5. The van der Waals surface area contributed by atoms with Gasteiger partial charge in [0.05, 0.1) is 0 Å². The second-order valence-electron chi connectivity index (χ2n) is 12.4. The van der Waals surface area contributed by atoms with Crippen LogP contribution in [0.3, 0.4) is 0 Å². The number of rotatable bonds is 4. The minimum atomic E-state index is -0.153. The highest BCUT2D eigenvalue weighted by molar-refractivity contribution is 5.77. The molecule has 0 saturated carbocycles. The van der Waals surface area contributed by atoms with Gasteiger partial charge in [0, 0.05) is 40.1 Å². The summed E-state index contributed by atoms with van der Waals surface area (Å²) >= 11 is 0. The summed E-state index contributed by atoms with van der Waals surface area (Å²) in [5.74, 6) is 1.09. The first-order valence-electron chi connectivity index (χ1n) is 12.9. The van der Waals surface area contributed by atoms with Gasteiger partial charge in [-0.15, -0.1) is 0 Å². The quantitative estimate of drug-likeness (QED) is 0.376. The molecule has 1 aliphatic rings. The first-order valence-corrected chi connectivity index (χ1v) is 12.9. The van der Waals surface area contributed by atoms with Crippen LogP contribution in [0.2, 0.25) is 0 Å². The minimum Gasteiger partial charge on any atom is -0.324 e. The molecule has 0 amide bonds. The molecule has 3 aromatic heterocycles. The maximum absolute atomic E-state index is 13.4. The highest BCUT2D eigenvalue weighted by Crippen LogP contribution is 2.42. The standard InChI is InChI=1S/C29H37N7O/c1-17(2)35-25(37)19-16-30-26(31-18-13-14-20-21(15-18)29(8,9)34-28(20,6)7)33-24(19)36(35)23-12-10-11-22(32-23)27(3,4)5/h10-17,34H,1-9H3,(H,30,31,33). The summed E-state index contributed by atoms with van der Waals surface area (Å²) in [6.07, 6.45) is 1.61. The fourth-order valence-electron chi connectivity index (χ4n) is 5.43. The molecule has 0 atom stereocenters. The van der Waals surface area contributed by atoms with Crippen LogP contribution in [0.5, 0.6) is 0 Å². The van der Waals surface area contributed by atoms with Gasteiger partial charge in [-0.05, 0) is 76.9 Å². The molecule has 0 aliphatic carbocycles. The third-order valence-electron chi connectivity index (χ3n) is 7.08. The van der Waals surface area contributed by atoms with Crippen molar-refractivity contribution in [2.24, 2.45) is 0 Å². The Bertz CT molecular complexity index is 1570. The topological polar surface area (TPSA) is 89.7 Å². The van der Waals surface area contributed by atoms with Crippen molar-refractivity contribution in [3.8, 4) is 5.82 Å². The number of pyridine rings is 1. The molecular weight excluding hydrogens is 462 g/mol. The normalized spacial score (nSPS) is 16.4. The highest BCUT2D eigenvalue weighted by Gasteiger charge is 2.41. The third kappa shape index (κ3) is 4.23. The largest absolute Gasteiger partial charge is 0.324 e. The molecule has 2 N–H and O–H groups in total. The molecule has 5 rings (SSSR count). The molecule has 4 heterocycles. The first kappa shape index (κ1) is 25.1. The number of hydrogen-bond acceptors (Lipinski definition) is 6. The van der Waals surface area contributed by atoms with E-state index in [0.29, 0.717) is 22.8 Å². The van der Waals surface area contributed by atoms with Crippen LogP contribution in [0.4, 0.5) is 11.6 Å². The third-order valence-corrected chi connectivity index (χ3v) is 7.08. The van der Waals surface area contributed by atoms with Gasteiger partial charge in [-0.1, -0.05) is 32.9 Å². The molecule has 0 spiro atoms. The minimum absolute atomic E-state index is 0.0898. The molecule has 0 radical (unpaired) electrons. The lowest BCUT2D eigenvalue weighted by molar-refractivity contribution is 0.319. The van der Waals surface area contributed by atoms with E-state index in [1.54, 1.807) is 10.9 Å². The van der Waals surface area contributed by atoms with Crippen LogP contribution in [0.25, 0.3) is 16.9 Å². The van der Waals surface area contributed by atoms with Crippen molar-refractivity contribution in [3.63, 3.8) is 0 Å². The summed E-state index contributed by atoms with van der Waals surface area (Å²) in [6, 6.07) is 12.2. The maximum Gasteiger partial charge on any atom is 0.278 e. The lowest BCUT2D eigenvalue weighted by Crippen LogP contribution is -2.39. The molecule has 0 bridgehead atoms.